The Kier molecular flexibility index (Phi) is 9.42. The second kappa shape index (κ2) is 12.9. The number of hydrogen-bond donors (Lipinski definition) is 3. The lowest BCUT2D eigenvalue weighted by Crippen LogP contribution is -2.32. The van der Waals surface area contributed by atoms with Crippen LogP contribution in [0.2, 0.25) is 0 Å². The molecule has 0 aliphatic carbocycles. The average molecular weight is 473 g/mol. The Bertz CT molecular complexity index is 1120. The first-order valence-corrected chi connectivity index (χ1v) is 11.9. The van der Waals surface area contributed by atoms with Crippen molar-refractivity contribution in [1.82, 2.24) is 4.90 Å². The van der Waals surface area contributed by atoms with E-state index in [2.05, 4.69) is 29.8 Å². The zero-order chi connectivity index (χ0) is 25.0. The Morgan fingerprint density at radius 1 is 0.686 bits per heavy atom. The molecule has 0 saturated heterocycles. The first-order chi connectivity index (χ1) is 17.0. The summed E-state index contributed by atoms with van der Waals surface area (Å²) in [6.45, 7) is 5.66. The van der Waals surface area contributed by atoms with Gasteiger partial charge in [-0.15, -0.1) is 0 Å². The normalized spacial score (nSPS) is 10.3. The van der Waals surface area contributed by atoms with E-state index in [1.807, 2.05) is 11.0 Å². The largest absolute Gasteiger partial charge is 0.376 e. The topological polar surface area (TPSA) is 90.5 Å². The van der Waals surface area contributed by atoms with E-state index in [0.29, 0.717) is 22.5 Å². The second-order valence-electron chi connectivity index (χ2n) is 8.17. The summed E-state index contributed by atoms with van der Waals surface area (Å²) in [5.41, 5.74) is 3.11. The molecule has 0 unspecified atom stereocenters. The van der Waals surface area contributed by atoms with Crippen molar-refractivity contribution in [3.63, 3.8) is 0 Å². The van der Waals surface area contributed by atoms with Gasteiger partial charge < -0.3 is 20.9 Å². The number of nitrogens with one attached hydrogen (secondary N) is 3. The Balaban J connectivity index is 1.52. The molecule has 0 radical (unpaired) electrons. The zero-order valence-corrected chi connectivity index (χ0v) is 20.2. The average Bonchev–Trinajstić information content (AvgIpc) is 2.88. The second-order valence-corrected chi connectivity index (χ2v) is 8.17. The van der Waals surface area contributed by atoms with Gasteiger partial charge in [-0.25, -0.2) is 0 Å². The molecule has 7 nitrogen and oxygen atoms in total. The van der Waals surface area contributed by atoms with Gasteiger partial charge in [0.1, 0.15) is 0 Å². The lowest BCUT2D eigenvalue weighted by atomic mass is 10.1. The summed E-state index contributed by atoms with van der Waals surface area (Å²) in [4.78, 5) is 39.3. The number of hydrogen-bond acceptors (Lipinski definition) is 4. The van der Waals surface area contributed by atoms with Crippen LogP contribution in [0.15, 0.2) is 78.9 Å². The standard InChI is InChI=1S/C28H32N4O3/c1-3-17-32(18-4-2)28(35)22-13-15-23(16-14-22)29-20-26(33)30-24-11-8-12-25(19-24)31-27(34)21-9-6-5-7-10-21/h5-16,19,29H,3-4,17-18,20H2,1-2H3,(H,30,33)(H,31,34). The van der Waals surface area contributed by atoms with Gasteiger partial charge >= 0.3 is 0 Å². The van der Waals surface area contributed by atoms with Crippen molar-refractivity contribution in [2.75, 3.05) is 35.6 Å². The highest BCUT2D eigenvalue weighted by molar-refractivity contribution is 6.04. The predicted octanol–water partition coefficient (Wildman–Crippen LogP) is 5.25. The number of carbonyl (C=O) groups excluding carboxylic acids is 3. The van der Waals surface area contributed by atoms with E-state index in [0.717, 1.165) is 31.6 Å². The summed E-state index contributed by atoms with van der Waals surface area (Å²) in [7, 11) is 0. The highest BCUT2D eigenvalue weighted by Gasteiger charge is 2.14. The van der Waals surface area contributed by atoms with Crippen LogP contribution in [0.5, 0.6) is 0 Å². The van der Waals surface area contributed by atoms with Crippen LogP contribution in [-0.4, -0.2) is 42.3 Å². The summed E-state index contributed by atoms with van der Waals surface area (Å²) in [6.07, 6.45) is 1.84. The van der Waals surface area contributed by atoms with Crippen LogP contribution in [0.3, 0.4) is 0 Å². The summed E-state index contributed by atoms with van der Waals surface area (Å²) in [5.74, 6) is -0.420. The first kappa shape index (κ1) is 25.5. The van der Waals surface area contributed by atoms with Crippen molar-refractivity contribution < 1.29 is 14.4 Å². The van der Waals surface area contributed by atoms with Crippen LogP contribution in [0, 0.1) is 0 Å². The van der Waals surface area contributed by atoms with E-state index in [4.69, 9.17) is 0 Å². The molecule has 0 spiro atoms. The number of nitrogens with zero attached hydrogens (tertiary/aromatic N) is 1. The lowest BCUT2D eigenvalue weighted by molar-refractivity contribution is -0.114. The Morgan fingerprint density at radius 2 is 1.31 bits per heavy atom. The molecule has 0 atom stereocenters. The third-order valence-corrected chi connectivity index (χ3v) is 5.30. The Morgan fingerprint density at radius 3 is 1.94 bits per heavy atom. The van der Waals surface area contributed by atoms with E-state index in [1.165, 1.54) is 0 Å². The van der Waals surface area contributed by atoms with E-state index in [1.54, 1.807) is 72.8 Å². The van der Waals surface area contributed by atoms with Gasteiger partial charge in [0.05, 0.1) is 6.54 Å². The minimum Gasteiger partial charge on any atom is -0.376 e. The van der Waals surface area contributed by atoms with Crippen molar-refractivity contribution in [3.05, 3.63) is 90.0 Å². The number of benzene rings is 3. The Hall–Kier alpha value is -4.13. The van der Waals surface area contributed by atoms with E-state index in [-0.39, 0.29) is 24.3 Å². The fourth-order valence-electron chi connectivity index (χ4n) is 3.62. The number of rotatable bonds is 11. The third-order valence-electron chi connectivity index (χ3n) is 5.30. The highest BCUT2D eigenvalue weighted by atomic mass is 16.2. The van der Waals surface area contributed by atoms with Crippen molar-refractivity contribution in [2.45, 2.75) is 26.7 Å². The molecule has 0 aliphatic heterocycles. The fraction of sp³-hybridized carbons (Fsp3) is 0.250. The minimum atomic E-state index is -0.228. The molecule has 35 heavy (non-hydrogen) atoms. The van der Waals surface area contributed by atoms with Gasteiger partial charge in [-0.3, -0.25) is 14.4 Å². The number of carbonyl (C=O) groups is 3. The summed E-state index contributed by atoms with van der Waals surface area (Å²) >= 11 is 0. The highest BCUT2D eigenvalue weighted by Crippen LogP contribution is 2.17. The smallest absolute Gasteiger partial charge is 0.255 e. The quantitative estimate of drug-likeness (QED) is 0.355. The van der Waals surface area contributed by atoms with Gasteiger partial charge in [0, 0.05) is 41.3 Å². The number of anilines is 3. The van der Waals surface area contributed by atoms with Crippen LogP contribution in [0.4, 0.5) is 17.1 Å². The van der Waals surface area contributed by atoms with Gasteiger partial charge in [0.25, 0.3) is 11.8 Å². The van der Waals surface area contributed by atoms with Gasteiger partial charge in [0.15, 0.2) is 0 Å². The van der Waals surface area contributed by atoms with Crippen molar-refractivity contribution in [3.8, 4) is 0 Å². The molecule has 0 aromatic heterocycles. The fourth-order valence-corrected chi connectivity index (χ4v) is 3.62. The molecule has 3 N–H and O–H groups in total. The zero-order valence-electron chi connectivity index (χ0n) is 20.2. The molecule has 3 rings (SSSR count). The molecule has 3 aromatic rings. The molecule has 0 saturated carbocycles. The minimum absolute atomic E-state index is 0.0252. The summed E-state index contributed by atoms with van der Waals surface area (Å²) in [5, 5.41) is 8.73. The molecule has 3 aromatic carbocycles. The van der Waals surface area contributed by atoms with Crippen LogP contribution in [0.25, 0.3) is 0 Å². The SMILES string of the molecule is CCCN(CCC)C(=O)c1ccc(NCC(=O)Nc2cccc(NC(=O)c3ccccc3)c2)cc1. The molecular weight excluding hydrogens is 440 g/mol. The third kappa shape index (κ3) is 7.71. The van der Waals surface area contributed by atoms with E-state index >= 15 is 0 Å². The van der Waals surface area contributed by atoms with Crippen LogP contribution < -0.4 is 16.0 Å². The molecule has 0 aliphatic rings. The van der Waals surface area contributed by atoms with Gasteiger partial charge in [-0.05, 0) is 67.4 Å². The summed E-state index contributed by atoms with van der Waals surface area (Å²) in [6, 6.07) is 23.1. The molecule has 182 valence electrons. The first-order valence-electron chi connectivity index (χ1n) is 11.9. The maximum absolute atomic E-state index is 12.7. The summed E-state index contributed by atoms with van der Waals surface area (Å²) < 4.78 is 0. The molecular formula is C28H32N4O3. The molecule has 7 heteroatoms. The van der Waals surface area contributed by atoms with Crippen LogP contribution in [-0.2, 0) is 4.79 Å². The molecule has 0 fully saturated rings. The van der Waals surface area contributed by atoms with Crippen molar-refractivity contribution in [1.29, 1.82) is 0 Å². The van der Waals surface area contributed by atoms with Gasteiger partial charge in [-0.1, -0.05) is 38.1 Å². The monoisotopic (exact) mass is 472 g/mol. The molecule has 0 heterocycles. The Labute approximate surface area is 206 Å². The molecule has 3 amide bonds. The van der Waals surface area contributed by atoms with E-state index < -0.39 is 0 Å². The van der Waals surface area contributed by atoms with Crippen LogP contribution >= 0.6 is 0 Å². The van der Waals surface area contributed by atoms with Gasteiger partial charge in [-0.2, -0.15) is 0 Å². The lowest BCUT2D eigenvalue weighted by Gasteiger charge is -2.21. The van der Waals surface area contributed by atoms with Crippen molar-refractivity contribution in [2.24, 2.45) is 0 Å². The van der Waals surface area contributed by atoms with E-state index in [9.17, 15) is 14.4 Å². The maximum atomic E-state index is 12.7. The van der Waals surface area contributed by atoms with Crippen LogP contribution in [0.1, 0.15) is 47.4 Å². The molecule has 0 bridgehead atoms. The predicted molar refractivity (Wildman–Crippen MR) is 141 cm³/mol. The van der Waals surface area contributed by atoms with Crippen molar-refractivity contribution >= 4 is 34.8 Å². The number of amides is 3. The maximum Gasteiger partial charge on any atom is 0.255 e. The van der Waals surface area contributed by atoms with Gasteiger partial charge in [0.2, 0.25) is 5.91 Å².